The van der Waals surface area contributed by atoms with Crippen LogP contribution < -0.4 is 0 Å². The molecule has 0 saturated heterocycles. The van der Waals surface area contributed by atoms with Gasteiger partial charge in [-0.15, -0.1) is 0 Å². The molecule has 3 radical (unpaired) electrons. The van der Waals surface area contributed by atoms with Gasteiger partial charge in [-0.3, -0.25) is 0 Å². The first-order valence-corrected chi connectivity index (χ1v) is 7.56. The summed E-state index contributed by atoms with van der Waals surface area (Å²) in [5.41, 5.74) is 2.89. The van der Waals surface area contributed by atoms with Gasteiger partial charge in [0.15, 0.2) is 0 Å². The van der Waals surface area contributed by atoms with Gasteiger partial charge in [0.25, 0.3) is 0 Å². The summed E-state index contributed by atoms with van der Waals surface area (Å²) in [7, 11) is 3.58. The minimum Gasteiger partial charge on any atom is -0.0635 e. The van der Waals surface area contributed by atoms with Gasteiger partial charge < -0.3 is 0 Å². The molecular weight excluding hydrogens is 244 g/mol. The van der Waals surface area contributed by atoms with E-state index in [1.807, 2.05) is 0 Å². The Morgan fingerprint density at radius 2 is 1.74 bits per heavy atom. The van der Waals surface area contributed by atoms with Gasteiger partial charge in [-0.1, -0.05) is 54.9 Å². The van der Waals surface area contributed by atoms with Crippen LogP contribution in [-0.2, 0) is 6.42 Å². The molecule has 93 valence electrons. The van der Waals surface area contributed by atoms with E-state index in [0.717, 1.165) is 12.5 Å². The highest BCUT2D eigenvalue weighted by Crippen LogP contribution is 2.30. The van der Waals surface area contributed by atoms with Crippen LogP contribution in [0.2, 0.25) is 6.04 Å². The highest BCUT2D eigenvalue weighted by atomic mass is 28.1. The fourth-order valence-electron chi connectivity index (χ4n) is 2.95. The molecule has 0 amide bonds. The van der Waals surface area contributed by atoms with Gasteiger partial charge in [-0.05, 0) is 52.1 Å². The van der Waals surface area contributed by atoms with Crippen molar-refractivity contribution in [3.05, 3.63) is 59.7 Å². The summed E-state index contributed by atoms with van der Waals surface area (Å²) in [5.74, 6) is 0. The number of fused-ring (bicyclic) bond motifs is 2. The fraction of sp³-hybridized carbons (Fsp3) is 0.222. The summed E-state index contributed by atoms with van der Waals surface area (Å²) in [6.07, 6.45) is 2.32. The predicted molar refractivity (Wildman–Crippen MR) is 85.1 cm³/mol. The molecule has 19 heavy (non-hydrogen) atoms. The molecule has 0 fully saturated rings. The topological polar surface area (TPSA) is 0 Å². The van der Waals surface area contributed by atoms with Gasteiger partial charge in [-0.2, -0.15) is 0 Å². The predicted octanol–water partition coefficient (Wildman–Crippen LogP) is 4.82. The Hall–Kier alpha value is -1.60. The zero-order valence-electron chi connectivity index (χ0n) is 11.2. The van der Waals surface area contributed by atoms with Crippen LogP contribution in [-0.4, -0.2) is 10.2 Å². The van der Waals surface area contributed by atoms with Gasteiger partial charge >= 0.3 is 0 Å². The fourth-order valence-corrected chi connectivity index (χ4v) is 3.13. The average Bonchev–Trinajstić information content (AvgIpc) is 2.45. The molecule has 0 aliphatic rings. The van der Waals surface area contributed by atoms with Gasteiger partial charge in [0, 0.05) is 10.2 Å². The molecule has 0 unspecified atom stereocenters. The van der Waals surface area contributed by atoms with Crippen molar-refractivity contribution >= 4 is 31.8 Å². The van der Waals surface area contributed by atoms with Crippen molar-refractivity contribution in [3.8, 4) is 0 Å². The second kappa shape index (κ2) is 5.18. The first kappa shape index (κ1) is 12.4. The van der Waals surface area contributed by atoms with Gasteiger partial charge in [0.2, 0.25) is 0 Å². The van der Waals surface area contributed by atoms with Crippen LogP contribution in [0.1, 0.15) is 17.5 Å². The van der Waals surface area contributed by atoms with E-state index in [-0.39, 0.29) is 0 Å². The van der Waals surface area contributed by atoms with Crippen LogP contribution in [0.25, 0.3) is 21.5 Å². The molecule has 0 atom stereocenters. The summed E-state index contributed by atoms with van der Waals surface area (Å²) in [5, 5.41) is 5.52. The van der Waals surface area contributed by atoms with Crippen molar-refractivity contribution in [2.45, 2.75) is 25.8 Å². The van der Waals surface area contributed by atoms with Crippen LogP contribution >= 0.6 is 0 Å². The Bertz CT molecular complexity index is 728. The molecule has 0 N–H and O–H groups in total. The van der Waals surface area contributed by atoms with Gasteiger partial charge in [0.1, 0.15) is 0 Å². The molecular formula is C18H17Si. The highest BCUT2D eigenvalue weighted by molar-refractivity contribution is 6.08. The van der Waals surface area contributed by atoms with Crippen molar-refractivity contribution in [1.82, 2.24) is 0 Å². The van der Waals surface area contributed by atoms with Crippen LogP contribution in [0.3, 0.4) is 0 Å². The summed E-state index contributed by atoms with van der Waals surface area (Å²) < 4.78 is 0. The number of benzene rings is 3. The lowest BCUT2D eigenvalue weighted by atomic mass is 9.93. The van der Waals surface area contributed by atoms with E-state index in [1.54, 1.807) is 0 Å². The van der Waals surface area contributed by atoms with Gasteiger partial charge in [0.05, 0.1) is 0 Å². The van der Waals surface area contributed by atoms with Crippen LogP contribution in [0.15, 0.2) is 48.5 Å². The maximum atomic E-state index is 3.58. The van der Waals surface area contributed by atoms with E-state index in [9.17, 15) is 0 Å². The molecule has 0 aliphatic heterocycles. The molecule has 1 heteroatoms. The molecule has 0 heterocycles. The minimum atomic E-state index is 1.06. The van der Waals surface area contributed by atoms with E-state index in [2.05, 4.69) is 65.7 Å². The standard InChI is InChI=1S/C18H17Si/c1-13-17-10-3-2-6-15(17)12-16-8-4-7-14(18(13)16)9-5-11-19/h2-4,6-8,10,12H,5,9,11H2,1H3. The number of aryl methyl sites for hydroxylation is 2. The van der Waals surface area contributed by atoms with Gasteiger partial charge in [-0.25, -0.2) is 0 Å². The van der Waals surface area contributed by atoms with Crippen molar-refractivity contribution in [3.63, 3.8) is 0 Å². The maximum absolute atomic E-state index is 3.58. The van der Waals surface area contributed by atoms with Crippen molar-refractivity contribution in [2.75, 3.05) is 0 Å². The largest absolute Gasteiger partial charge is 0.0635 e. The van der Waals surface area contributed by atoms with Crippen molar-refractivity contribution in [2.24, 2.45) is 0 Å². The summed E-state index contributed by atoms with van der Waals surface area (Å²) in [6.45, 7) is 2.25. The molecule has 0 bridgehead atoms. The Balaban J connectivity index is 2.32. The molecule has 3 rings (SSSR count). The maximum Gasteiger partial charge on any atom is 0.0222 e. The third-order valence-electron chi connectivity index (χ3n) is 3.86. The Morgan fingerprint density at radius 1 is 0.947 bits per heavy atom. The third-order valence-corrected chi connectivity index (χ3v) is 4.21. The third kappa shape index (κ3) is 2.19. The van der Waals surface area contributed by atoms with Crippen molar-refractivity contribution in [1.29, 1.82) is 0 Å². The number of hydrogen-bond donors (Lipinski definition) is 0. The van der Waals surface area contributed by atoms with E-state index in [0.29, 0.717) is 0 Å². The number of hydrogen-bond acceptors (Lipinski definition) is 0. The number of rotatable bonds is 3. The molecule has 3 aromatic carbocycles. The van der Waals surface area contributed by atoms with E-state index in [1.165, 1.54) is 39.1 Å². The summed E-state index contributed by atoms with van der Waals surface area (Å²) in [4.78, 5) is 0. The molecule has 0 nitrogen and oxygen atoms in total. The summed E-state index contributed by atoms with van der Waals surface area (Å²) >= 11 is 0. The lowest BCUT2D eigenvalue weighted by molar-refractivity contribution is 0.926. The second-order valence-corrected chi connectivity index (χ2v) is 5.59. The van der Waals surface area contributed by atoms with E-state index >= 15 is 0 Å². The monoisotopic (exact) mass is 261 g/mol. The second-order valence-electron chi connectivity index (χ2n) is 5.09. The first-order valence-electron chi connectivity index (χ1n) is 6.86. The molecule has 0 aliphatic carbocycles. The molecule has 0 aromatic heterocycles. The Kier molecular flexibility index (Phi) is 3.39. The van der Waals surface area contributed by atoms with Crippen LogP contribution in [0.4, 0.5) is 0 Å². The lowest BCUT2D eigenvalue weighted by Gasteiger charge is -2.12. The highest BCUT2D eigenvalue weighted by Gasteiger charge is 2.07. The summed E-state index contributed by atoms with van der Waals surface area (Å²) in [6, 6.07) is 18.7. The minimum absolute atomic E-state index is 1.06. The van der Waals surface area contributed by atoms with Crippen LogP contribution in [0, 0.1) is 6.92 Å². The molecule has 0 spiro atoms. The smallest absolute Gasteiger partial charge is 0.0222 e. The van der Waals surface area contributed by atoms with Crippen molar-refractivity contribution < 1.29 is 0 Å². The normalized spacial score (nSPS) is 11.3. The van der Waals surface area contributed by atoms with E-state index in [4.69, 9.17) is 0 Å². The average molecular weight is 261 g/mol. The molecule has 0 saturated carbocycles. The Morgan fingerprint density at radius 3 is 2.58 bits per heavy atom. The van der Waals surface area contributed by atoms with E-state index < -0.39 is 0 Å². The lowest BCUT2D eigenvalue weighted by Crippen LogP contribution is -1.91. The first-order chi connectivity index (χ1) is 9.31. The quantitative estimate of drug-likeness (QED) is 0.468. The zero-order chi connectivity index (χ0) is 13.2. The zero-order valence-corrected chi connectivity index (χ0v) is 12.2. The SMILES string of the molecule is Cc1c2ccccc2cc2cccc(CCC[Si])c12. The Labute approximate surface area is 117 Å². The molecule has 3 aromatic rings. The van der Waals surface area contributed by atoms with Crippen LogP contribution in [0.5, 0.6) is 0 Å².